The lowest BCUT2D eigenvalue weighted by Crippen LogP contribution is -2.53. The van der Waals surface area contributed by atoms with E-state index in [0.717, 1.165) is 54.5 Å². The number of hydrogen-bond acceptors (Lipinski definition) is 2. The Bertz CT molecular complexity index is 1420. The maximum atomic E-state index is 14.9. The van der Waals surface area contributed by atoms with Gasteiger partial charge in [0.1, 0.15) is 5.82 Å². The summed E-state index contributed by atoms with van der Waals surface area (Å²) in [4.78, 5) is 13.5. The van der Waals surface area contributed by atoms with Crippen LogP contribution in [0, 0.1) is 5.82 Å². The van der Waals surface area contributed by atoms with Crippen molar-refractivity contribution in [3.63, 3.8) is 0 Å². The van der Waals surface area contributed by atoms with Gasteiger partial charge in [0, 0.05) is 12.5 Å². The summed E-state index contributed by atoms with van der Waals surface area (Å²) in [5.74, 6) is -1.02. The summed E-state index contributed by atoms with van der Waals surface area (Å²) in [5.41, 5.74) is 0.521. The standard InChI is InChI=1S/C31H28F4N2OS/c32-27-17-25(16-26(18-27)31(33,34)35)30(19-21-7-2-1-3-8-21,37-29(38)36-28-11-4-5-12-28)24-10-6-9-22(15-24)23-13-14-39-20-23/h1-3,6-10,13-18,20,28H,4-5,11-12,19H2,(H2,36,37,38). The molecule has 1 fully saturated rings. The number of halogens is 4. The molecule has 0 spiro atoms. The molecule has 0 saturated heterocycles. The molecule has 3 nitrogen and oxygen atoms in total. The van der Waals surface area contributed by atoms with E-state index in [1.165, 1.54) is 11.3 Å². The fourth-order valence-electron chi connectivity index (χ4n) is 5.34. The average Bonchev–Trinajstić information content (AvgIpc) is 3.63. The molecule has 5 rings (SSSR count). The number of carbonyl (C=O) groups excluding carboxylic acids is 1. The molecule has 0 radical (unpaired) electrons. The molecule has 4 aromatic rings. The molecular weight excluding hydrogens is 524 g/mol. The van der Waals surface area contributed by atoms with Crippen LogP contribution < -0.4 is 10.6 Å². The van der Waals surface area contributed by atoms with Gasteiger partial charge >= 0.3 is 12.2 Å². The van der Waals surface area contributed by atoms with Gasteiger partial charge in [-0.25, -0.2) is 9.18 Å². The van der Waals surface area contributed by atoms with E-state index < -0.39 is 29.1 Å². The first kappa shape index (κ1) is 26.9. The van der Waals surface area contributed by atoms with Gasteiger partial charge in [-0.3, -0.25) is 0 Å². The topological polar surface area (TPSA) is 41.1 Å². The minimum atomic E-state index is -4.76. The Hall–Kier alpha value is -3.65. The van der Waals surface area contributed by atoms with E-state index in [4.69, 9.17) is 0 Å². The molecule has 1 unspecified atom stereocenters. The molecule has 202 valence electrons. The molecule has 8 heteroatoms. The van der Waals surface area contributed by atoms with E-state index in [0.29, 0.717) is 11.6 Å². The molecular formula is C31H28F4N2OS. The molecule has 0 bridgehead atoms. The van der Waals surface area contributed by atoms with Crippen LogP contribution in [0.25, 0.3) is 11.1 Å². The van der Waals surface area contributed by atoms with Gasteiger partial charge in [0.05, 0.1) is 11.1 Å². The highest BCUT2D eigenvalue weighted by molar-refractivity contribution is 7.08. The minimum Gasteiger partial charge on any atom is -0.335 e. The molecule has 3 aromatic carbocycles. The lowest BCUT2D eigenvalue weighted by Gasteiger charge is -2.37. The highest BCUT2D eigenvalue weighted by Crippen LogP contribution is 2.39. The first-order chi connectivity index (χ1) is 18.7. The first-order valence-corrected chi connectivity index (χ1v) is 13.8. The number of carbonyl (C=O) groups is 1. The van der Waals surface area contributed by atoms with Crippen LogP contribution in [0.3, 0.4) is 0 Å². The van der Waals surface area contributed by atoms with Crippen molar-refractivity contribution in [1.29, 1.82) is 0 Å². The number of amides is 2. The molecule has 2 N–H and O–H groups in total. The van der Waals surface area contributed by atoms with Crippen molar-refractivity contribution >= 4 is 17.4 Å². The number of urea groups is 1. The van der Waals surface area contributed by atoms with E-state index in [-0.39, 0.29) is 18.0 Å². The average molecular weight is 553 g/mol. The fraction of sp³-hybridized carbons (Fsp3) is 0.258. The van der Waals surface area contributed by atoms with Crippen LogP contribution >= 0.6 is 11.3 Å². The Kier molecular flexibility index (Phi) is 7.75. The molecule has 1 atom stereocenters. The highest BCUT2D eigenvalue weighted by Gasteiger charge is 2.40. The number of hydrogen-bond donors (Lipinski definition) is 2. The van der Waals surface area contributed by atoms with E-state index in [2.05, 4.69) is 10.6 Å². The van der Waals surface area contributed by atoms with E-state index in [1.807, 2.05) is 65.4 Å². The number of nitrogens with one attached hydrogen (secondary N) is 2. The monoisotopic (exact) mass is 552 g/mol. The first-order valence-electron chi connectivity index (χ1n) is 12.9. The molecule has 1 saturated carbocycles. The van der Waals surface area contributed by atoms with Gasteiger partial charge in [0.2, 0.25) is 0 Å². The molecule has 1 aromatic heterocycles. The molecule has 0 aliphatic heterocycles. The number of alkyl halides is 3. The predicted molar refractivity (Wildman–Crippen MR) is 146 cm³/mol. The van der Waals surface area contributed by atoms with Crippen molar-refractivity contribution in [2.45, 2.75) is 49.9 Å². The molecule has 2 amide bonds. The van der Waals surface area contributed by atoms with Crippen molar-refractivity contribution in [2.75, 3.05) is 0 Å². The second-order valence-corrected chi connectivity index (χ2v) is 10.7. The van der Waals surface area contributed by atoms with Crippen LogP contribution in [0.1, 0.15) is 47.9 Å². The second-order valence-electron chi connectivity index (χ2n) is 9.97. The maximum absolute atomic E-state index is 14.9. The summed E-state index contributed by atoms with van der Waals surface area (Å²) in [6.45, 7) is 0. The Morgan fingerprint density at radius 3 is 2.28 bits per heavy atom. The van der Waals surface area contributed by atoms with E-state index >= 15 is 0 Å². The van der Waals surface area contributed by atoms with Gasteiger partial charge in [-0.15, -0.1) is 0 Å². The van der Waals surface area contributed by atoms with Crippen molar-refractivity contribution < 1.29 is 22.4 Å². The maximum Gasteiger partial charge on any atom is 0.416 e. The third-order valence-corrected chi connectivity index (χ3v) is 7.94. The summed E-state index contributed by atoms with van der Waals surface area (Å²) < 4.78 is 56.5. The smallest absolute Gasteiger partial charge is 0.335 e. The third-order valence-electron chi connectivity index (χ3n) is 7.26. The van der Waals surface area contributed by atoms with Crippen molar-refractivity contribution in [1.82, 2.24) is 10.6 Å². The zero-order valence-electron chi connectivity index (χ0n) is 21.1. The highest BCUT2D eigenvalue weighted by atomic mass is 32.1. The Labute approximate surface area is 228 Å². The van der Waals surface area contributed by atoms with Crippen molar-refractivity contribution in [3.8, 4) is 11.1 Å². The summed E-state index contributed by atoms with van der Waals surface area (Å²) >= 11 is 1.53. The Balaban J connectivity index is 1.71. The van der Waals surface area contributed by atoms with E-state index in [1.54, 1.807) is 6.07 Å². The van der Waals surface area contributed by atoms with Gasteiger partial charge in [-0.05, 0) is 81.8 Å². The summed E-state index contributed by atoms with van der Waals surface area (Å²) in [7, 11) is 0. The van der Waals surface area contributed by atoms with E-state index in [9.17, 15) is 22.4 Å². The zero-order valence-corrected chi connectivity index (χ0v) is 21.9. The molecule has 39 heavy (non-hydrogen) atoms. The van der Waals surface area contributed by atoms with Crippen LogP contribution in [0.5, 0.6) is 0 Å². The Morgan fingerprint density at radius 2 is 1.59 bits per heavy atom. The van der Waals surface area contributed by atoms with Crippen LogP contribution in [-0.2, 0) is 18.1 Å². The lowest BCUT2D eigenvalue weighted by molar-refractivity contribution is -0.137. The fourth-order valence-corrected chi connectivity index (χ4v) is 6.00. The minimum absolute atomic E-state index is 0.0164. The molecule has 1 aliphatic carbocycles. The van der Waals surface area contributed by atoms with Crippen LogP contribution in [0.4, 0.5) is 22.4 Å². The summed E-state index contributed by atoms with van der Waals surface area (Å²) in [6, 6.07) is 20.5. The van der Waals surface area contributed by atoms with Crippen LogP contribution in [0.15, 0.2) is 89.6 Å². The van der Waals surface area contributed by atoms with Crippen LogP contribution in [-0.4, -0.2) is 12.1 Å². The zero-order chi connectivity index (χ0) is 27.5. The van der Waals surface area contributed by atoms with Gasteiger partial charge in [0.25, 0.3) is 0 Å². The van der Waals surface area contributed by atoms with Crippen molar-refractivity contribution in [3.05, 3.63) is 118 Å². The number of benzene rings is 3. The SMILES string of the molecule is O=C(NC1CCCC1)NC(Cc1ccccc1)(c1cccc(-c2ccsc2)c1)c1cc(F)cc(C(F)(F)F)c1. The molecule has 1 heterocycles. The van der Waals surface area contributed by atoms with Gasteiger partial charge in [-0.2, -0.15) is 24.5 Å². The van der Waals surface area contributed by atoms with Gasteiger partial charge in [-0.1, -0.05) is 61.4 Å². The Morgan fingerprint density at radius 1 is 0.846 bits per heavy atom. The molecule has 1 aliphatic rings. The summed E-state index contributed by atoms with van der Waals surface area (Å²) in [6.07, 6.45) is -0.973. The third kappa shape index (κ3) is 6.17. The number of rotatable bonds is 7. The summed E-state index contributed by atoms with van der Waals surface area (Å²) in [5, 5.41) is 9.95. The number of thiophene rings is 1. The van der Waals surface area contributed by atoms with Gasteiger partial charge < -0.3 is 10.6 Å². The normalized spacial score (nSPS) is 15.6. The van der Waals surface area contributed by atoms with Crippen molar-refractivity contribution in [2.24, 2.45) is 0 Å². The quantitative estimate of drug-likeness (QED) is 0.223. The second kappa shape index (κ2) is 11.2. The predicted octanol–water partition coefficient (Wildman–Crippen LogP) is 8.30. The van der Waals surface area contributed by atoms with Crippen LogP contribution in [0.2, 0.25) is 0 Å². The largest absolute Gasteiger partial charge is 0.416 e. The van der Waals surface area contributed by atoms with Gasteiger partial charge in [0.15, 0.2) is 0 Å². The lowest BCUT2D eigenvalue weighted by atomic mass is 9.76.